The fourth-order valence-electron chi connectivity index (χ4n) is 2.82. The minimum atomic E-state index is -0.112. The van der Waals surface area contributed by atoms with Crippen molar-refractivity contribution in [3.63, 3.8) is 0 Å². The Bertz CT molecular complexity index is 281. The Labute approximate surface area is 162 Å². The van der Waals surface area contributed by atoms with Gasteiger partial charge in [-0.05, 0) is 12.8 Å². The maximum Gasteiger partial charge on any atom is 0.305 e. The molecule has 0 amide bonds. The summed E-state index contributed by atoms with van der Waals surface area (Å²) < 4.78 is 16.1. The third-order valence-corrected chi connectivity index (χ3v) is 4.49. The number of esters is 1. The summed E-state index contributed by atoms with van der Waals surface area (Å²) in [6.45, 7) is 7.22. The van der Waals surface area contributed by atoms with Crippen LogP contribution in [0, 0.1) is 0 Å². The first-order valence-electron chi connectivity index (χ1n) is 11.1. The van der Waals surface area contributed by atoms with Crippen LogP contribution in [0.1, 0.15) is 104 Å². The normalized spacial score (nSPS) is 11.0. The maximum absolute atomic E-state index is 11.4. The van der Waals surface area contributed by atoms with E-state index in [1.54, 1.807) is 0 Å². The lowest BCUT2D eigenvalue weighted by atomic mass is 10.1. The van der Waals surface area contributed by atoms with Gasteiger partial charge >= 0.3 is 5.97 Å². The van der Waals surface area contributed by atoms with Crippen molar-refractivity contribution in [3.8, 4) is 0 Å². The van der Waals surface area contributed by atoms with Gasteiger partial charge in [0, 0.05) is 13.0 Å². The smallest absolute Gasteiger partial charge is 0.305 e. The van der Waals surface area contributed by atoms with Crippen LogP contribution in [0.15, 0.2) is 0 Å². The molecule has 26 heavy (non-hydrogen) atoms. The van der Waals surface area contributed by atoms with Crippen LogP contribution in [0.4, 0.5) is 0 Å². The van der Waals surface area contributed by atoms with E-state index in [0.29, 0.717) is 32.8 Å². The van der Waals surface area contributed by atoms with Gasteiger partial charge in [-0.1, -0.05) is 84.5 Å². The number of rotatable bonds is 21. The number of carbonyl (C=O) groups is 1. The van der Waals surface area contributed by atoms with E-state index in [-0.39, 0.29) is 5.97 Å². The summed E-state index contributed by atoms with van der Waals surface area (Å²) in [5.74, 6) is -0.112. The molecule has 0 radical (unpaired) electrons. The van der Waals surface area contributed by atoms with E-state index in [4.69, 9.17) is 14.2 Å². The van der Waals surface area contributed by atoms with Crippen molar-refractivity contribution in [1.29, 1.82) is 0 Å². The number of ether oxygens (including phenoxy) is 3. The van der Waals surface area contributed by atoms with Gasteiger partial charge in [-0.25, -0.2) is 0 Å². The fraction of sp³-hybridized carbons (Fsp3) is 0.955. The van der Waals surface area contributed by atoms with E-state index in [1.165, 1.54) is 57.8 Å². The molecule has 0 aliphatic carbocycles. The average Bonchev–Trinajstić information content (AvgIpc) is 2.64. The third-order valence-electron chi connectivity index (χ3n) is 4.49. The summed E-state index contributed by atoms with van der Waals surface area (Å²) in [6, 6.07) is 0. The van der Waals surface area contributed by atoms with Crippen LogP contribution in [-0.2, 0) is 19.0 Å². The van der Waals surface area contributed by atoms with Crippen LogP contribution >= 0.6 is 0 Å². The molecule has 0 unspecified atom stereocenters. The monoisotopic (exact) mass is 372 g/mol. The molecule has 0 aromatic rings. The summed E-state index contributed by atoms with van der Waals surface area (Å²) in [4.78, 5) is 11.4. The molecule has 0 heterocycles. The SMILES string of the molecule is CCCCCCCCCCCCOCCOCCOC(=O)CCCCC. The Kier molecular flexibility index (Phi) is 21.9. The molecule has 0 aliphatic heterocycles. The van der Waals surface area contributed by atoms with Gasteiger partial charge in [-0.3, -0.25) is 4.79 Å². The highest BCUT2D eigenvalue weighted by molar-refractivity contribution is 5.69. The lowest BCUT2D eigenvalue weighted by Crippen LogP contribution is -2.13. The highest BCUT2D eigenvalue weighted by Crippen LogP contribution is 2.10. The van der Waals surface area contributed by atoms with Gasteiger partial charge in [-0.2, -0.15) is 0 Å². The number of carbonyl (C=O) groups excluding carboxylic acids is 1. The molecule has 0 spiro atoms. The Hall–Kier alpha value is -0.610. The van der Waals surface area contributed by atoms with Crippen LogP contribution in [0.25, 0.3) is 0 Å². The largest absolute Gasteiger partial charge is 0.463 e. The maximum atomic E-state index is 11.4. The van der Waals surface area contributed by atoms with Gasteiger partial charge in [0.2, 0.25) is 0 Å². The molecular formula is C22H44O4. The molecule has 156 valence electrons. The average molecular weight is 373 g/mol. The van der Waals surface area contributed by atoms with Crippen molar-refractivity contribution in [1.82, 2.24) is 0 Å². The minimum Gasteiger partial charge on any atom is -0.463 e. The second-order valence-corrected chi connectivity index (χ2v) is 7.08. The van der Waals surface area contributed by atoms with Crippen molar-refractivity contribution in [2.45, 2.75) is 104 Å². The molecule has 0 aliphatic rings. The first-order valence-corrected chi connectivity index (χ1v) is 11.1. The molecule has 0 rings (SSSR count). The fourth-order valence-corrected chi connectivity index (χ4v) is 2.82. The molecule has 4 nitrogen and oxygen atoms in total. The predicted molar refractivity (Wildman–Crippen MR) is 109 cm³/mol. The van der Waals surface area contributed by atoms with Crippen LogP contribution < -0.4 is 0 Å². The van der Waals surface area contributed by atoms with Gasteiger partial charge in [0.05, 0.1) is 19.8 Å². The molecule has 0 N–H and O–H groups in total. The van der Waals surface area contributed by atoms with Gasteiger partial charge < -0.3 is 14.2 Å². The zero-order chi connectivity index (χ0) is 19.1. The Morgan fingerprint density at radius 2 is 1.00 bits per heavy atom. The molecule has 0 fully saturated rings. The quantitative estimate of drug-likeness (QED) is 0.181. The van der Waals surface area contributed by atoms with E-state index in [9.17, 15) is 4.79 Å². The van der Waals surface area contributed by atoms with Gasteiger partial charge in [-0.15, -0.1) is 0 Å². The first kappa shape index (κ1) is 25.4. The second-order valence-electron chi connectivity index (χ2n) is 7.08. The van der Waals surface area contributed by atoms with Gasteiger partial charge in [0.25, 0.3) is 0 Å². The Morgan fingerprint density at radius 1 is 0.538 bits per heavy atom. The topological polar surface area (TPSA) is 44.8 Å². The zero-order valence-electron chi connectivity index (χ0n) is 17.6. The first-order chi connectivity index (χ1) is 12.8. The second kappa shape index (κ2) is 22.4. The van der Waals surface area contributed by atoms with Crippen LogP contribution in [0.5, 0.6) is 0 Å². The van der Waals surface area contributed by atoms with Crippen LogP contribution in [0.3, 0.4) is 0 Å². The lowest BCUT2D eigenvalue weighted by Gasteiger charge is -2.07. The van der Waals surface area contributed by atoms with E-state index in [2.05, 4.69) is 13.8 Å². The molecule has 0 bridgehead atoms. The summed E-state index contributed by atoms with van der Waals surface area (Å²) >= 11 is 0. The molecule has 0 aromatic carbocycles. The number of unbranched alkanes of at least 4 members (excludes halogenated alkanes) is 11. The predicted octanol–water partition coefficient (Wildman–Crippen LogP) is 6.06. The van der Waals surface area contributed by atoms with Gasteiger partial charge in [0.15, 0.2) is 0 Å². The summed E-state index contributed by atoms with van der Waals surface area (Å²) in [5.41, 5.74) is 0. The third kappa shape index (κ3) is 21.4. The molecule has 0 atom stereocenters. The van der Waals surface area contributed by atoms with Crippen LogP contribution in [-0.4, -0.2) is 39.0 Å². The molecule has 0 saturated heterocycles. The van der Waals surface area contributed by atoms with Crippen molar-refractivity contribution in [2.75, 3.05) is 33.0 Å². The molecule has 4 heteroatoms. The zero-order valence-corrected chi connectivity index (χ0v) is 17.6. The standard InChI is InChI=1S/C22H44O4/c1-3-5-7-8-9-10-11-12-13-15-17-24-18-19-25-20-21-26-22(23)16-14-6-4-2/h3-21H2,1-2H3. The van der Waals surface area contributed by atoms with E-state index < -0.39 is 0 Å². The Balaban J connectivity index is 3.06. The van der Waals surface area contributed by atoms with Crippen LogP contribution in [0.2, 0.25) is 0 Å². The summed E-state index contributed by atoms with van der Waals surface area (Å²) in [7, 11) is 0. The molecule has 0 aromatic heterocycles. The van der Waals surface area contributed by atoms with E-state index in [0.717, 1.165) is 32.3 Å². The van der Waals surface area contributed by atoms with Crippen molar-refractivity contribution >= 4 is 5.97 Å². The highest BCUT2D eigenvalue weighted by Gasteiger charge is 2.01. The van der Waals surface area contributed by atoms with E-state index in [1.807, 2.05) is 0 Å². The minimum absolute atomic E-state index is 0.112. The summed E-state index contributed by atoms with van der Waals surface area (Å²) in [6.07, 6.45) is 17.1. The Morgan fingerprint density at radius 3 is 1.62 bits per heavy atom. The van der Waals surface area contributed by atoms with Crippen molar-refractivity contribution in [3.05, 3.63) is 0 Å². The number of hydrogen-bond acceptors (Lipinski definition) is 4. The van der Waals surface area contributed by atoms with E-state index >= 15 is 0 Å². The number of hydrogen-bond donors (Lipinski definition) is 0. The molecular weight excluding hydrogens is 328 g/mol. The lowest BCUT2D eigenvalue weighted by molar-refractivity contribution is -0.145. The van der Waals surface area contributed by atoms with Gasteiger partial charge in [0.1, 0.15) is 6.61 Å². The van der Waals surface area contributed by atoms with Crippen molar-refractivity contribution in [2.24, 2.45) is 0 Å². The molecule has 0 saturated carbocycles. The van der Waals surface area contributed by atoms with Crippen molar-refractivity contribution < 1.29 is 19.0 Å². The summed E-state index contributed by atoms with van der Waals surface area (Å²) in [5, 5.41) is 0. The highest BCUT2D eigenvalue weighted by atomic mass is 16.6.